The number of hydrogen-bond acceptors (Lipinski definition) is 5. The van der Waals surface area contributed by atoms with Crippen molar-refractivity contribution in [3.63, 3.8) is 0 Å². The van der Waals surface area contributed by atoms with Gasteiger partial charge in [-0.2, -0.15) is 0 Å². The predicted octanol–water partition coefficient (Wildman–Crippen LogP) is 1.92. The maximum Gasteiger partial charge on any atom is 0.278 e. The summed E-state index contributed by atoms with van der Waals surface area (Å²) in [4.78, 5) is 12.7. The molecule has 1 aromatic rings. The van der Waals surface area contributed by atoms with Gasteiger partial charge >= 0.3 is 0 Å². The summed E-state index contributed by atoms with van der Waals surface area (Å²) in [6.07, 6.45) is 0. The summed E-state index contributed by atoms with van der Waals surface area (Å²) < 4.78 is 0. The van der Waals surface area contributed by atoms with Crippen molar-refractivity contribution in [2.24, 2.45) is 0 Å². The molecule has 0 spiro atoms. The highest BCUT2D eigenvalue weighted by atomic mass is 35.5. The summed E-state index contributed by atoms with van der Waals surface area (Å²) in [5.74, 6) is -0.193. The van der Waals surface area contributed by atoms with E-state index in [0.717, 1.165) is 26.2 Å². The Hall–Kier alpha value is -1.37. The Kier molecular flexibility index (Phi) is 4.24. The number of phenolic OH excluding ortho intramolecular Hbond substituents is 1. The van der Waals surface area contributed by atoms with Crippen molar-refractivity contribution in [3.05, 3.63) is 32.8 Å². The minimum absolute atomic E-state index is 0.0899. The van der Waals surface area contributed by atoms with E-state index in [1.165, 1.54) is 12.1 Å². The van der Waals surface area contributed by atoms with Crippen LogP contribution < -0.4 is 5.32 Å². The van der Waals surface area contributed by atoms with Gasteiger partial charge in [0.1, 0.15) is 5.75 Å². The number of hydrogen-bond donors (Lipinski definition) is 2. The number of rotatable bonds is 3. The number of nitrogens with one attached hydrogen (secondary N) is 1. The van der Waals surface area contributed by atoms with E-state index in [1.54, 1.807) is 0 Å². The van der Waals surface area contributed by atoms with Crippen molar-refractivity contribution in [1.29, 1.82) is 0 Å². The lowest BCUT2D eigenvalue weighted by molar-refractivity contribution is -0.386. The molecular weight excluding hydrogens is 270 g/mol. The highest BCUT2D eigenvalue weighted by molar-refractivity contribution is 6.32. The zero-order valence-electron chi connectivity index (χ0n) is 10.6. The first-order valence-corrected chi connectivity index (χ1v) is 6.50. The smallest absolute Gasteiger partial charge is 0.278 e. The van der Waals surface area contributed by atoms with Gasteiger partial charge in [0.2, 0.25) is 0 Å². The van der Waals surface area contributed by atoms with Crippen molar-refractivity contribution in [2.75, 3.05) is 26.2 Å². The molecule has 0 saturated carbocycles. The quantitative estimate of drug-likeness (QED) is 0.655. The van der Waals surface area contributed by atoms with E-state index in [1.807, 2.05) is 6.92 Å². The highest BCUT2D eigenvalue weighted by Gasteiger charge is 2.29. The highest BCUT2D eigenvalue weighted by Crippen LogP contribution is 2.40. The fraction of sp³-hybridized carbons (Fsp3) is 0.500. The first kappa shape index (κ1) is 14.0. The van der Waals surface area contributed by atoms with Crippen molar-refractivity contribution >= 4 is 17.3 Å². The molecule has 0 aliphatic carbocycles. The molecule has 2 N–H and O–H groups in total. The molecular formula is C12H16ClN3O3. The Morgan fingerprint density at radius 2 is 2.11 bits per heavy atom. The van der Waals surface area contributed by atoms with Gasteiger partial charge in [-0.1, -0.05) is 11.6 Å². The van der Waals surface area contributed by atoms with E-state index in [2.05, 4.69) is 10.2 Å². The van der Waals surface area contributed by atoms with Gasteiger partial charge in [-0.05, 0) is 13.0 Å². The van der Waals surface area contributed by atoms with Crippen LogP contribution in [0.25, 0.3) is 0 Å². The third kappa shape index (κ3) is 2.80. The Balaban J connectivity index is 2.41. The van der Waals surface area contributed by atoms with E-state index >= 15 is 0 Å². The van der Waals surface area contributed by atoms with E-state index in [9.17, 15) is 15.2 Å². The average Bonchev–Trinajstić information content (AvgIpc) is 2.41. The van der Waals surface area contributed by atoms with Crippen LogP contribution in [0, 0.1) is 10.1 Å². The van der Waals surface area contributed by atoms with Crippen molar-refractivity contribution < 1.29 is 10.0 Å². The number of benzene rings is 1. The SMILES string of the molecule is C[C@@H](c1c([N+](=O)[O-])ccc(Cl)c1O)N1CCNCC1. The third-order valence-electron chi connectivity index (χ3n) is 3.46. The second-order valence-corrected chi connectivity index (χ2v) is 4.96. The summed E-state index contributed by atoms with van der Waals surface area (Å²) in [5, 5.41) is 24.5. The van der Waals surface area contributed by atoms with E-state index in [0.29, 0.717) is 5.56 Å². The molecule has 0 aromatic heterocycles. The zero-order valence-corrected chi connectivity index (χ0v) is 11.4. The number of aromatic hydroxyl groups is 1. The molecule has 1 aliphatic rings. The van der Waals surface area contributed by atoms with Gasteiger partial charge in [0.15, 0.2) is 0 Å². The Morgan fingerprint density at radius 3 is 2.68 bits per heavy atom. The molecule has 104 valence electrons. The molecule has 0 amide bonds. The molecule has 1 aliphatic heterocycles. The van der Waals surface area contributed by atoms with Gasteiger partial charge < -0.3 is 10.4 Å². The molecule has 19 heavy (non-hydrogen) atoms. The summed E-state index contributed by atoms with van der Waals surface area (Å²) in [7, 11) is 0. The van der Waals surface area contributed by atoms with Crippen LogP contribution in [0.1, 0.15) is 18.5 Å². The number of phenols is 1. The Labute approximate surface area is 116 Å². The number of nitrogens with zero attached hydrogens (tertiary/aromatic N) is 2. The topological polar surface area (TPSA) is 78.6 Å². The van der Waals surface area contributed by atoms with Crippen molar-refractivity contribution in [1.82, 2.24) is 10.2 Å². The van der Waals surface area contributed by atoms with E-state index in [4.69, 9.17) is 11.6 Å². The first-order valence-electron chi connectivity index (χ1n) is 6.13. The largest absolute Gasteiger partial charge is 0.506 e. The maximum absolute atomic E-state index is 11.1. The fourth-order valence-corrected chi connectivity index (χ4v) is 2.56. The molecule has 1 aromatic carbocycles. The minimum atomic E-state index is -0.482. The molecule has 1 fully saturated rings. The summed E-state index contributed by atoms with van der Waals surface area (Å²) in [6, 6.07) is 2.44. The van der Waals surface area contributed by atoms with Crippen molar-refractivity contribution in [2.45, 2.75) is 13.0 Å². The molecule has 0 radical (unpaired) electrons. The van der Waals surface area contributed by atoms with Crippen LogP contribution in [0.3, 0.4) is 0 Å². The lowest BCUT2D eigenvalue weighted by atomic mass is 10.0. The molecule has 0 bridgehead atoms. The van der Waals surface area contributed by atoms with Crippen LogP contribution >= 0.6 is 11.6 Å². The van der Waals surface area contributed by atoms with Gasteiger partial charge in [-0.3, -0.25) is 15.0 Å². The summed E-state index contributed by atoms with van der Waals surface area (Å²) >= 11 is 5.87. The minimum Gasteiger partial charge on any atom is -0.506 e. The number of halogens is 1. The second kappa shape index (κ2) is 5.73. The van der Waals surface area contributed by atoms with Gasteiger partial charge in [-0.15, -0.1) is 0 Å². The first-order chi connectivity index (χ1) is 9.02. The van der Waals surface area contributed by atoms with Crippen LogP contribution in [-0.2, 0) is 0 Å². The van der Waals surface area contributed by atoms with Crippen LogP contribution in [0.2, 0.25) is 5.02 Å². The van der Waals surface area contributed by atoms with E-state index < -0.39 is 4.92 Å². The molecule has 1 saturated heterocycles. The maximum atomic E-state index is 11.1. The van der Waals surface area contributed by atoms with Crippen molar-refractivity contribution in [3.8, 4) is 5.75 Å². The lowest BCUT2D eigenvalue weighted by Crippen LogP contribution is -2.44. The summed E-state index contributed by atoms with van der Waals surface area (Å²) in [5.41, 5.74) is 0.201. The fourth-order valence-electron chi connectivity index (χ4n) is 2.39. The normalized spacial score (nSPS) is 18.2. The molecule has 1 atom stereocenters. The summed E-state index contributed by atoms with van der Waals surface area (Å²) in [6.45, 7) is 5.08. The number of nitro benzene ring substituents is 1. The molecule has 2 rings (SSSR count). The predicted molar refractivity (Wildman–Crippen MR) is 72.6 cm³/mol. The van der Waals surface area contributed by atoms with Crippen LogP contribution in [-0.4, -0.2) is 41.1 Å². The van der Waals surface area contributed by atoms with E-state index in [-0.39, 0.29) is 22.5 Å². The number of piperazine rings is 1. The van der Waals surface area contributed by atoms with Gasteiger partial charge in [0.05, 0.1) is 15.5 Å². The standard InChI is InChI=1S/C12H16ClN3O3/c1-8(15-6-4-14-5-7-15)11-10(16(18)19)3-2-9(13)12(11)17/h2-3,8,14,17H,4-7H2,1H3/t8-/m0/s1. The van der Waals surface area contributed by atoms with Crippen LogP contribution in [0.15, 0.2) is 12.1 Å². The third-order valence-corrected chi connectivity index (χ3v) is 3.76. The monoisotopic (exact) mass is 285 g/mol. The number of nitro groups is 1. The molecule has 7 heteroatoms. The molecule has 6 nitrogen and oxygen atoms in total. The molecule has 0 unspecified atom stereocenters. The second-order valence-electron chi connectivity index (χ2n) is 4.55. The lowest BCUT2D eigenvalue weighted by Gasteiger charge is -2.33. The van der Waals surface area contributed by atoms with Gasteiger partial charge in [0, 0.05) is 38.3 Å². The zero-order chi connectivity index (χ0) is 14.0. The van der Waals surface area contributed by atoms with Gasteiger partial charge in [-0.25, -0.2) is 0 Å². The van der Waals surface area contributed by atoms with Crippen LogP contribution in [0.5, 0.6) is 5.75 Å². The Bertz CT molecular complexity index is 489. The van der Waals surface area contributed by atoms with Gasteiger partial charge in [0.25, 0.3) is 5.69 Å². The van der Waals surface area contributed by atoms with Crippen LogP contribution in [0.4, 0.5) is 5.69 Å². The average molecular weight is 286 g/mol. The Morgan fingerprint density at radius 1 is 1.47 bits per heavy atom. The molecule has 1 heterocycles.